The van der Waals surface area contributed by atoms with E-state index in [0.717, 1.165) is 4.47 Å². The molecule has 0 heterocycles. The van der Waals surface area contributed by atoms with E-state index in [-0.39, 0.29) is 5.75 Å². The van der Waals surface area contributed by atoms with E-state index in [4.69, 9.17) is 10.5 Å². The Morgan fingerprint density at radius 1 is 1.19 bits per heavy atom. The second-order valence-electron chi connectivity index (χ2n) is 4.48. The molecule has 5 nitrogen and oxygen atoms in total. The Morgan fingerprint density at radius 2 is 1.86 bits per heavy atom. The third kappa shape index (κ3) is 4.64. The molecule has 0 aliphatic heterocycles. The third-order valence-corrected chi connectivity index (χ3v) is 4.43. The summed E-state index contributed by atoms with van der Waals surface area (Å²) in [5, 5.41) is 0. The zero-order valence-corrected chi connectivity index (χ0v) is 13.7. The van der Waals surface area contributed by atoms with Gasteiger partial charge in [-0.3, -0.25) is 4.72 Å². The first-order valence-electron chi connectivity index (χ1n) is 6.07. The highest BCUT2D eigenvalue weighted by Gasteiger charge is 2.12. The van der Waals surface area contributed by atoms with E-state index >= 15 is 0 Å². The Morgan fingerprint density at radius 3 is 2.48 bits per heavy atom. The van der Waals surface area contributed by atoms with Crippen LogP contribution >= 0.6 is 15.9 Å². The van der Waals surface area contributed by atoms with Gasteiger partial charge in [0.05, 0.1) is 18.6 Å². The minimum Gasteiger partial charge on any atom is -0.497 e. The lowest BCUT2D eigenvalue weighted by Crippen LogP contribution is -2.15. The Balaban J connectivity index is 2.17. The maximum Gasteiger partial charge on any atom is 0.236 e. The topological polar surface area (TPSA) is 81.4 Å². The van der Waals surface area contributed by atoms with Crippen LogP contribution in [0.3, 0.4) is 0 Å². The summed E-state index contributed by atoms with van der Waals surface area (Å²) >= 11 is 3.31. The second-order valence-corrected chi connectivity index (χ2v) is 7.12. The smallest absolute Gasteiger partial charge is 0.236 e. The second kappa shape index (κ2) is 6.36. The molecule has 0 amide bonds. The number of hydrogen-bond donors (Lipinski definition) is 2. The summed E-state index contributed by atoms with van der Waals surface area (Å²) in [5.74, 6) is 0.441. The Kier molecular flexibility index (Phi) is 4.74. The van der Waals surface area contributed by atoms with Gasteiger partial charge in [0.1, 0.15) is 5.75 Å². The minimum atomic E-state index is -3.51. The van der Waals surface area contributed by atoms with Gasteiger partial charge < -0.3 is 10.5 Å². The van der Waals surface area contributed by atoms with Crippen molar-refractivity contribution in [3.05, 3.63) is 52.5 Å². The highest BCUT2D eigenvalue weighted by molar-refractivity contribution is 9.10. The quantitative estimate of drug-likeness (QED) is 0.792. The van der Waals surface area contributed by atoms with Crippen molar-refractivity contribution < 1.29 is 13.2 Å². The molecule has 0 aliphatic carbocycles. The molecule has 0 saturated carbocycles. The van der Waals surface area contributed by atoms with Crippen LogP contribution in [-0.4, -0.2) is 15.5 Å². The Hall–Kier alpha value is -1.73. The maximum atomic E-state index is 12.2. The first-order chi connectivity index (χ1) is 9.88. The molecule has 112 valence electrons. The zero-order chi connectivity index (χ0) is 15.5. The van der Waals surface area contributed by atoms with E-state index in [1.165, 1.54) is 7.11 Å². The van der Waals surface area contributed by atoms with Crippen LogP contribution in [0, 0.1) is 0 Å². The summed E-state index contributed by atoms with van der Waals surface area (Å²) in [6.07, 6.45) is 0. The number of nitrogens with two attached hydrogens (primary N) is 1. The molecule has 0 saturated heterocycles. The van der Waals surface area contributed by atoms with E-state index in [9.17, 15) is 8.42 Å². The van der Waals surface area contributed by atoms with E-state index < -0.39 is 10.0 Å². The minimum absolute atomic E-state index is 0.123. The van der Waals surface area contributed by atoms with Crippen molar-refractivity contribution in [2.24, 2.45) is 0 Å². The lowest BCUT2D eigenvalue weighted by atomic mass is 10.2. The lowest BCUT2D eigenvalue weighted by Gasteiger charge is -2.10. The van der Waals surface area contributed by atoms with Crippen LogP contribution in [0.1, 0.15) is 5.56 Å². The van der Waals surface area contributed by atoms with Crippen LogP contribution in [0.2, 0.25) is 0 Å². The van der Waals surface area contributed by atoms with Gasteiger partial charge in [0.2, 0.25) is 10.0 Å². The van der Waals surface area contributed by atoms with Crippen molar-refractivity contribution in [3.8, 4) is 5.75 Å². The van der Waals surface area contributed by atoms with Crippen molar-refractivity contribution in [2.75, 3.05) is 17.6 Å². The van der Waals surface area contributed by atoms with Gasteiger partial charge in [-0.15, -0.1) is 0 Å². The average Bonchev–Trinajstić information content (AvgIpc) is 2.39. The number of nitrogens with one attached hydrogen (secondary N) is 1. The molecule has 0 bridgehead atoms. The number of nitrogen functional groups attached to an aromatic ring is 1. The monoisotopic (exact) mass is 370 g/mol. The molecule has 2 aromatic rings. The Bertz CT molecular complexity index is 730. The van der Waals surface area contributed by atoms with Gasteiger partial charge >= 0.3 is 0 Å². The summed E-state index contributed by atoms with van der Waals surface area (Å²) in [6.45, 7) is 0. The number of anilines is 2. The van der Waals surface area contributed by atoms with Crippen LogP contribution in [0.25, 0.3) is 0 Å². The lowest BCUT2D eigenvalue weighted by molar-refractivity contribution is 0.415. The summed E-state index contributed by atoms with van der Waals surface area (Å²) in [5.41, 5.74) is 7.28. The Labute approximate surface area is 132 Å². The molecular weight excluding hydrogens is 356 g/mol. The normalized spacial score (nSPS) is 11.1. The van der Waals surface area contributed by atoms with Crippen molar-refractivity contribution in [3.63, 3.8) is 0 Å². The fourth-order valence-electron chi connectivity index (χ4n) is 1.79. The molecule has 0 aliphatic rings. The molecule has 2 rings (SSSR count). The molecular formula is C14H15BrN2O3S. The van der Waals surface area contributed by atoms with Gasteiger partial charge in [0.25, 0.3) is 0 Å². The fraction of sp³-hybridized carbons (Fsp3) is 0.143. The number of halogens is 1. The molecule has 0 unspecified atom stereocenters. The fourth-order valence-corrected chi connectivity index (χ4v) is 3.44. The average molecular weight is 371 g/mol. The zero-order valence-electron chi connectivity index (χ0n) is 11.3. The predicted molar refractivity (Wildman–Crippen MR) is 87.8 cm³/mol. The highest BCUT2D eigenvalue weighted by atomic mass is 79.9. The first kappa shape index (κ1) is 15.7. The van der Waals surface area contributed by atoms with Crippen LogP contribution in [0.5, 0.6) is 5.75 Å². The highest BCUT2D eigenvalue weighted by Crippen LogP contribution is 2.25. The molecule has 21 heavy (non-hydrogen) atoms. The SMILES string of the molecule is COc1cc(Br)cc(NS(=O)(=O)Cc2ccc(N)cc2)c1. The third-order valence-electron chi connectivity index (χ3n) is 2.72. The number of methoxy groups -OCH3 is 1. The number of sulfonamides is 1. The molecule has 0 radical (unpaired) electrons. The van der Waals surface area contributed by atoms with Crippen molar-refractivity contribution in [2.45, 2.75) is 5.75 Å². The molecule has 0 spiro atoms. The van der Waals surface area contributed by atoms with E-state index in [2.05, 4.69) is 20.7 Å². The van der Waals surface area contributed by atoms with Gasteiger partial charge in [0, 0.05) is 16.2 Å². The van der Waals surface area contributed by atoms with Crippen LogP contribution < -0.4 is 15.2 Å². The van der Waals surface area contributed by atoms with E-state index in [1.807, 2.05) is 0 Å². The summed E-state index contributed by atoms with van der Waals surface area (Å²) in [6, 6.07) is 11.8. The standard InChI is InChI=1S/C14H15BrN2O3S/c1-20-14-7-11(15)6-13(8-14)17-21(18,19)9-10-2-4-12(16)5-3-10/h2-8,17H,9,16H2,1H3. The van der Waals surface area contributed by atoms with Crippen molar-refractivity contribution in [1.29, 1.82) is 0 Å². The largest absolute Gasteiger partial charge is 0.497 e. The predicted octanol–water partition coefficient (Wildman–Crippen LogP) is 2.98. The van der Waals surface area contributed by atoms with Crippen molar-refractivity contribution >= 4 is 37.3 Å². The number of hydrogen-bond acceptors (Lipinski definition) is 4. The van der Waals surface area contributed by atoms with Crippen molar-refractivity contribution in [1.82, 2.24) is 0 Å². The van der Waals surface area contributed by atoms with Gasteiger partial charge in [0.15, 0.2) is 0 Å². The molecule has 0 aromatic heterocycles. The summed E-state index contributed by atoms with van der Waals surface area (Å²) in [4.78, 5) is 0. The number of ether oxygens (including phenoxy) is 1. The molecule has 2 aromatic carbocycles. The van der Waals surface area contributed by atoms with Gasteiger partial charge in [-0.2, -0.15) is 0 Å². The number of benzene rings is 2. The van der Waals surface area contributed by atoms with E-state index in [0.29, 0.717) is 22.7 Å². The first-order valence-corrected chi connectivity index (χ1v) is 8.52. The summed E-state index contributed by atoms with van der Waals surface area (Å²) in [7, 11) is -1.99. The number of rotatable bonds is 5. The molecule has 0 atom stereocenters. The molecule has 0 fully saturated rings. The van der Waals surface area contributed by atoms with Crippen LogP contribution in [-0.2, 0) is 15.8 Å². The van der Waals surface area contributed by atoms with Gasteiger partial charge in [-0.1, -0.05) is 28.1 Å². The molecule has 3 N–H and O–H groups in total. The van der Waals surface area contributed by atoms with Crippen LogP contribution in [0.4, 0.5) is 11.4 Å². The van der Waals surface area contributed by atoms with Gasteiger partial charge in [-0.05, 0) is 29.8 Å². The van der Waals surface area contributed by atoms with E-state index in [1.54, 1.807) is 42.5 Å². The maximum absolute atomic E-state index is 12.2. The van der Waals surface area contributed by atoms with Crippen LogP contribution in [0.15, 0.2) is 46.9 Å². The van der Waals surface area contributed by atoms with Gasteiger partial charge in [-0.25, -0.2) is 8.42 Å². The summed E-state index contributed by atoms with van der Waals surface area (Å²) < 4.78 is 32.7. The molecule has 7 heteroatoms.